The number of nitrogens with zero attached hydrogens (tertiary/aromatic N) is 2. The Kier molecular flexibility index (Phi) is 4.35. The molecule has 23 heavy (non-hydrogen) atoms. The van der Waals surface area contributed by atoms with Crippen LogP contribution < -0.4 is 0 Å². The molecule has 0 spiro atoms. The van der Waals surface area contributed by atoms with Gasteiger partial charge >= 0.3 is 5.97 Å². The third-order valence-corrected chi connectivity index (χ3v) is 3.93. The first-order chi connectivity index (χ1) is 11.0. The quantitative estimate of drug-likeness (QED) is 0.520. The Hall–Kier alpha value is -2.32. The first-order valence-corrected chi connectivity index (χ1v) is 7.48. The fraction of sp³-hybridized carbons (Fsp3) is 0.0714. The van der Waals surface area contributed by atoms with Gasteiger partial charge in [-0.2, -0.15) is 4.98 Å². The molecule has 0 fully saturated rings. The first kappa shape index (κ1) is 15.6. The van der Waals surface area contributed by atoms with Crippen molar-refractivity contribution >= 4 is 28.9 Å². The normalized spacial score (nSPS) is 10.7. The summed E-state index contributed by atoms with van der Waals surface area (Å²) in [5.41, 5.74) is -0.285. The summed E-state index contributed by atoms with van der Waals surface area (Å²) in [6.45, 7) is -0.289. The van der Waals surface area contributed by atoms with Gasteiger partial charge in [-0.15, -0.1) is 11.3 Å². The van der Waals surface area contributed by atoms with E-state index in [4.69, 9.17) is 20.9 Å². The Morgan fingerprint density at radius 3 is 2.87 bits per heavy atom. The second-order valence-electron chi connectivity index (χ2n) is 4.32. The Morgan fingerprint density at radius 1 is 1.35 bits per heavy atom. The average molecular weight is 357 g/mol. The van der Waals surface area contributed by atoms with Crippen LogP contribution in [0.2, 0.25) is 5.02 Å². The molecule has 118 valence electrons. The van der Waals surface area contributed by atoms with Crippen LogP contribution >= 0.6 is 22.9 Å². The van der Waals surface area contributed by atoms with Gasteiger partial charge in [-0.1, -0.05) is 22.8 Å². The molecule has 0 amide bonds. The highest BCUT2D eigenvalue weighted by Crippen LogP contribution is 2.23. The van der Waals surface area contributed by atoms with Gasteiger partial charge in [-0.05, 0) is 23.6 Å². The lowest BCUT2D eigenvalue weighted by molar-refractivity contribution is 0.0459. The van der Waals surface area contributed by atoms with E-state index < -0.39 is 17.6 Å². The van der Waals surface area contributed by atoms with Crippen molar-refractivity contribution in [1.82, 2.24) is 10.1 Å². The van der Waals surface area contributed by atoms with Crippen LogP contribution in [-0.4, -0.2) is 16.1 Å². The van der Waals surface area contributed by atoms with E-state index in [2.05, 4.69) is 10.1 Å². The van der Waals surface area contributed by atoms with Crippen molar-refractivity contribution in [3.05, 3.63) is 57.7 Å². The van der Waals surface area contributed by atoms with Crippen LogP contribution in [0.1, 0.15) is 16.2 Å². The van der Waals surface area contributed by atoms with Crippen LogP contribution in [0.25, 0.3) is 10.8 Å². The van der Waals surface area contributed by atoms with Crippen molar-refractivity contribution in [1.29, 1.82) is 0 Å². The van der Waals surface area contributed by atoms with E-state index >= 15 is 0 Å². The van der Waals surface area contributed by atoms with E-state index in [0.29, 0.717) is 18.0 Å². The molecule has 0 atom stereocenters. The van der Waals surface area contributed by atoms with E-state index in [0.717, 1.165) is 4.88 Å². The van der Waals surface area contributed by atoms with E-state index in [1.54, 1.807) is 6.07 Å². The number of carbonyl (C=O) groups is 1. The van der Waals surface area contributed by atoms with Gasteiger partial charge in [0.15, 0.2) is 18.2 Å². The summed E-state index contributed by atoms with van der Waals surface area (Å²) in [7, 11) is 0. The summed E-state index contributed by atoms with van der Waals surface area (Å²) in [6.07, 6.45) is 0. The summed E-state index contributed by atoms with van der Waals surface area (Å²) < 4.78 is 36.1. The summed E-state index contributed by atoms with van der Waals surface area (Å²) in [4.78, 5) is 16.7. The number of ether oxygens (including phenoxy) is 1. The van der Waals surface area contributed by atoms with Crippen molar-refractivity contribution in [3.8, 4) is 10.8 Å². The van der Waals surface area contributed by atoms with E-state index in [9.17, 15) is 13.6 Å². The standard InChI is InChI=1S/C14H7ClF2N2O3S/c15-8-5-10(17)9(16)4-7(8)14(20)21-6-12-18-13(22-19-12)11-2-1-3-23-11/h1-5H,6H2. The van der Waals surface area contributed by atoms with Crippen LogP contribution in [0.4, 0.5) is 8.78 Å². The van der Waals surface area contributed by atoms with Gasteiger partial charge in [0, 0.05) is 0 Å². The molecule has 0 unspecified atom stereocenters. The van der Waals surface area contributed by atoms with Gasteiger partial charge in [-0.25, -0.2) is 13.6 Å². The predicted octanol–water partition coefficient (Wildman–Crippen LogP) is 4.09. The largest absolute Gasteiger partial charge is 0.454 e. The number of benzene rings is 1. The Morgan fingerprint density at radius 2 is 2.13 bits per heavy atom. The lowest BCUT2D eigenvalue weighted by atomic mass is 10.2. The maximum Gasteiger partial charge on any atom is 0.340 e. The second-order valence-corrected chi connectivity index (χ2v) is 5.67. The smallest absolute Gasteiger partial charge is 0.340 e. The molecule has 0 radical (unpaired) electrons. The van der Waals surface area contributed by atoms with Gasteiger partial charge < -0.3 is 9.26 Å². The topological polar surface area (TPSA) is 65.2 Å². The third kappa shape index (κ3) is 3.38. The van der Waals surface area contributed by atoms with E-state index in [1.807, 2.05) is 11.4 Å². The summed E-state index contributed by atoms with van der Waals surface area (Å²) in [5, 5.41) is 5.27. The molecule has 0 aliphatic carbocycles. The molecule has 1 aromatic carbocycles. The monoisotopic (exact) mass is 356 g/mol. The maximum atomic E-state index is 13.2. The fourth-order valence-corrected chi connectivity index (χ4v) is 2.57. The summed E-state index contributed by atoms with van der Waals surface area (Å²) >= 11 is 7.11. The Bertz CT molecular complexity index is 852. The third-order valence-electron chi connectivity index (χ3n) is 2.76. The Labute approximate surface area is 137 Å². The van der Waals surface area contributed by atoms with Crippen LogP contribution in [-0.2, 0) is 11.3 Å². The zero-order chi connectivity index (χ0) is 16.4. The summed E-state index contributed by atoms with van der Waals surface area (Å²) in [5.74, 6) is -2.82. The molecule has 0 aliphatic rings. The number of halogens is 3. The molecular formula is C14H7ClF2N2O3S. The van der Waals surface area contributed by atoms with Crippen molar-refractivity contribution in [2.75, 3.05) is 0 Å². The van der Waals surface area contributed by atoms with Crippen LogP contribution in [0, 0.1) is 11.6 Å². The van der Waals surface area contributed by atoms with E-state index in [1.165, 1.54) is 11.3 Å². The highest BCUT2D eigenvalue weighted by atomic mass is 35.5. The molecule has 5 nitrogen and oxygen atoms in total. The van der Waals surface area contributed by atoms with Crippen molar-refractivity contribution in [2.24, 2.45) is 0 Å². The minimum absolute atomic E-state index is 0.139. The minimum Gasteiger partial charge on any atom is -0.454 e. The van der Waals surface area contributed by atoms with Crippen LogP contribution in [0.15, 0.2) is 34.2 Å². The SMILES string of the molecule is O=C(OCc1noc(-c2cccs2)n1)c1cc(F)c(F)cc1Cl. The van der Waals surface area contributed by atoms with Gasteiger partial charge in [0.2, 0.25) is 5.82 Å². The maximum absolute atomic E-state index is 13.2. The highest BCUT2D eigenvalue weighted by Gasteiger charge is 2.18. The number of aromatic nitrogens is 2. The molecule has 3 rings (SSSR count). The van der Waals surface area contributed by atoms with Crippen LogP contribution in [0.3, 0.4) is 0 Å². The zero-order valence-corrected chi connectivity index (χ0v) is 12.8. The van der Waals surface area contributed by atoms with E-state index in [-0.39, 0.29) is 23.0 Å². The molecule has 9 heteroatoms. The number of carbonyl (C=O) groups excluding carboxylic acids is 1. The van der Waals surface area contributed by atoms with Gasteiger partial charge in [0.05, 0.1) is 15.5 Å². The lowest BCUT2D eigenvalue weighted by Crippen LogP contribution is -2.08. The van der Waals surface area contributed by atoms with Crippen molar-refractivity contribution < 1.29 is 22.8 Å². The molecule has 0 saturated carbocycles. The van der Waals surface area contributed by atoms with Crippen molar-refractivity contribution in [3.63, 3.8) is 0 Å². The lowest BCUT2D eigenvalue weighted by Gasteiger charge is -2.04. The minimum atomic E-state index is -1.19. The van der Waals surface area contributed by atoms with Gasteiger partial charge in [0.1, 0.15) is 0 Å². The molecule has 0 aliphatic heterocycles. The molecule has 0 N–H and O–H groups in total. The Balaban J connectivity index is 1.69. The number of thiophene rings is 1. The predicted molar refractivity (Wildman–Crippen MR) is 78.1 cm³/mol. The molecular weight excluding hydrogens is 350 g/mol. The molecule has 2 heterocycles. The number of hydrogen-bond donors (Lipinski definition) is 0. The molecule has 3 aromatic rings. The average Bonchev–Trinajstić information content (AvgIpc) is 3.19. The molecule has 2 aromatic heterocycles. The zero-order valence-electron chi connectivity index (χ0n) is 11.3. The van der Waals surface area contributed by atoms with Crippen molar-refractivity contribution in [2.45, 2.75) is 6.61 Å². The number of rotatable bonds is 4. The summed E-state index contributed by atoms with van der Waals surface area (Å²) in [6, 6.07) is 5.01. The highest BCUT2D eigenvalue weighted by molar-refractivity contribution is 7.13. The van der Waals surface area contributed by atoms with Crippen LogP contribution in [0.5, 0.6) is 0 Å². The van der Waals surface area contributed by atoms with Gasteiger partial charge in [0.25, 0.3) is 5.89 Å². The second kappa shape index (κ2) is 6.43. The van der Waals surface area contributed by atoms with Gasteiger partial charge in [-0.3, -0.25) is 0 Å². The fourth-order valence-electron chi connectivity index (χ4n) is 1.70. The molecule has 0 saturated heterocycles. The number of esters is 1. The first-order valence-electron chi connectivity index (χ1n) is 6.22. The molecule has 0 bridgehead atoms. The number of hydrogen-bond acceptors (Lipinski definition) is 6.